The van der Waals surface area contributed by atoms with Crippen molar-refractivity contribution in [2.75, 3.05) is 53.0 Å². The van der Waals surface area contributed by atoms with E-state index in [1.165, 1.54) is 90.5 Å². The van der Waals surface area contributed by atoms with Crippen molar-refractivity contribution in [2.45, 2.75) is 57.8 Å². The second kappa shape index (κ2) is 8.12. The first-order valence-corrected chi connectivity index (χ1v) is 9.73. The molecule has 1 spiro atoms. The molecule has 3 aliphatic rings. The van der Waals surface area contributed by atoms with Gasteiger partial charge in [0, 0.05) is 26.7 Å². The Bertz CT molecular complexity index is 329. The first kappa shape index (κ1) is 16.7. The zero-order valence-electron chi connectivity index (χ0n) is 14.7. The van der Waals surface area contributed by atoms with Crippen molar-refractivity contribution in [3.05, 3.63) is 0 Å². The predicted molar refractivity (Wildman–Crippen MR) is 92.2 cm³/mol. The molecular formula is C19H36N2O. The van der Waals surface area contributed by atoms with Crippen LogP contribution >= 0.6 is 0 Å². The summed E-state index contributed by atoms with van der Waals surface area (Å²) in [4.78, 5) is 5.42. The monoisotopic (exact) mass is 308 g/mol. The molecule has 3 nitrogen and oxygen atoms in total. The fourth-order valence-corrected chi connectivity index (χ4v) is 5.18. The Labute approximate surface area is 137 Å². The Morgan fingerprint density at radius 2 is 1.73 bits per heavy atom. The fourth-order valence-electron chi connectivity index (χ4n) is 5.18. The van der Waals surface area contributed by atoms with Gasteiger partial charge in [-0.1, -0.05) is 25.7 Å². The number of likely N-dealkylation sites (tertiary alicyclic amines) is 2. The number of nitrogens with zero attached hydrogens (tertiary/aromatic N) is 2. The van der Waals surface area contributed by atoms with Crippen LogP contribution in [0.1, 0.15) is 57.8 Å². The molecule has 1 atom stereocenters. The van der Waals surface area contributed by atoms with Gasteiger partial charge in [0.25, 0.3) is 0 Å². The van der Waals surface area contributed by atoms with Crippen LogP contribution in [-0.2, 0) is 4.74 Å². The molecule has 0 bridgehead atoms. The third kappa shape index (κ3) is 4.46. The van der Waals surface area contributed by atoms with Gasteiger partial charge < -0.3 is 14.5 Å². The highest BCUT2D eigenvalue weighted by Crippen LogP contribution is 2.39. The first-order chi connectivity index (χ1) is 10.8. The normalized spacial score (nSPS) is 31.5. The summed E-state index contributed by atoms with van der Waals surface area (Å²) >= 11 is 0. The second-order valence-corrected chi connectivity index (χ2v) is 8.19. The minimum Gasteiger partial charge on any atom is -0.383 e. The van der Waals surface area contributed by atoms with Crippen molar-refractivity contribution in [1.82, 2.24) is 9.80 Å². The number of hydrogen-bond acceptors (Lipinski definition) is 3. The summed E-state index contributed by atoms with van der Waals surface area (Å²) in [6.07, 6.45) is 13.2. The number of methoxy groups -OCH3 is 1. The van der Waals surface area contributed by atoms with Crippen molar-refractivity contribution >= 4 is 0 Å². The average molecular weight is 309 g/mol. The van der Waals surface area contributed by atoms with Gasteiger partial charge in [-0.15, -0.1) is 0 Å². The highest BCUT2D eigenvalue weighted by atomic mass is 16.5. The molecule has 3 heteroatoms. The SMILES string of the molecule is COCCN1CCC[C@]2(CCN(CCCC3CCCC3)C2)C1. The predicted octanol–water partition coefficient (Wildman–Crippen LogP) is 3.39. The minimum atomic E-state index is 0.610. The summed E-state index contributed by atoms with van der Waals surface area (Å²) in [7, 11) is 1.82. The summed E-state index contributed by atoms with van der Waals surface area (Å²) < 4.78 is 5.27. The van der Waals surface area contributed by atoms with Crippen LogP contribution in [0, 0.1) is 11.3 Å². The lowest BCUT2D eigenvalue weighted by atomic mass is 9.79. The Kier molecular flexibility index (Phi) is 6.17. The van der Waals surface area contributed by atoms with Crippen LogP contribution in [-0.4, -0.2) is 62.8 Å². The van der Waals surface area contributed by atoms with Crippen molar-refractivity contribution in [3.63, 3.8) is 0 Å². The molecule has 2 aliphatic heterocycles. The fraction of sp³-hybridized carbons (Fsp3) is 1.00. The van der Waals surface area contributed by atoms with Crippen LogP contribution in [0.4, 0.5) is 0 Å². The number of piperidine rings is 1. The summed E-state index contributed by atoms with van der Waals surface area (Å²) in [6, 6.07) is 0. The van der Waals surface area contributed by atoms with E-state index in [0.29, 0.717) is 5.41 Å². The lowest BCUT2D eigenvalue weighted by Crippen LogP contribution is -2.45. The summed E-state index contributed by atoms with van der Waals surface area (Å²) in [6.45, 7) is 8.68. The lowest BCUT2D eigenvalue weighted by Gasteiger charge is -2.40. The highest BCUT2D eigenvalue weighted by molar-refractivity contribution is 4.94. The Hall–Kier alpha value is -0.120. The van der Waals surface area contributed by atoms with E-state index in [1.807, 2.05) is 7.11 Å². The molecular weight excluding hydrogens is 272 g/mol. The third-order valence-corrected chi connectivity index (χ3v) is 6.43. The van der Waals surface area contributed by atoms with E-state index in [2.05, 4.69) is 9.80 Å². The maximum absolute atomic E-state index is 5.27. The first-order valence-electron chi connectivity index (χ1n) is 9.73. The van der Waals surface area contributed by atoms with E-state index in [0.717, 1.165) is 19.1 Å². The molecule has 0 aromatic carbocycles. The molecule has 2 saturated heterocycles. The van der Waals surface area contributed by atoms with Gasteiger partial charge in [0.2, 0.25) is 0 Å². The van der Waals surface area contributed by atoms with Crippen LogP contribution in [0.15, 0.2) is 0 Å². The minimum absolute atomic E-state index is 0.610. The van der Waals surface area contributed by atoms with Crippen LogP contribution in [0.5, 0.6) is 0 Å². The molecule has 0 N–H and O–H groups in total. The van der Waals surface area contributed by atoms with Crippen LogP contribution in [0.25, 0.3) is 0 Å². The third-order valence-electron chi connectivity index (χ3n) is 6.43. The molecule has 128 valence electrons. The van der Waals surface area contributed by atoms with Crippen molar-refractivity contribution in [2.24, 2.45) is 11.3 Å². The van der Waals surface area contributed by atoms with Crippen molar-refractivity contribution in [1.29, 1.82) is 0 Å². The largest absolute Gasteiger partial charge is 0.383 e. The quantitative estimate of drug-likeness (QED) is 0.717. The summed E-state index contributed by atoms with van der Waals surface area (Å²) in [5.41, 5.74) is 0.610. The zero-order valence-corrected chi connectivity index (χ0v) is 14.7. The Morgan fingerprint density at radius 3 is 2.50 bits per heavy atom. The Balaban J connectivity index is 1.38. The molecule has 22 heavy (non-hydrogen) atoms. The van der Waals surface area contributed by atoms with Gasteiger partial charge in [-0.05, 0) is 63.1 Å². The molecule has 1 aliphatic carbocycles. The van der Waals surface area contributed by atoms with E-state index in [4.69, 9.17) is 4.74 Å². The van der Waals surface area contributed by atoms with Gasteiger partial charge in [-0.3, -0.25) is 0 Å². The number of ether oxygens (including phenoxy) is 1. The van der Waals surface area contributed by atoms with Crippen LogP contribution in [0.2, 0.25) is 0 Å². The molecule has 0 unspecified atom stereocenters. The molecule has 0 radical (unpaired) electrons. The van der Waals surface area contributed by atoms with E-state index < -0.39 is 0 Å². The zero-order chi connectivity index (χ0) is 15.3. The highest BCUT2D eigenvalue weighted by Gasteiger charge is 2.40. The Morgan fingerprint density at radius 1 is 0.955 bits per heavy atom. The van der Waals surface area contributed by atoms with E-state index in [1.54, 1.807) is 0 Å². The molecule has 1 saturated carbocycles. The van der Waals surface area contributed by atoms with Gasteiger partial charge in [-0.25, -0.2) is 0 Å². The topological polar surface area (TPSA) is 15.7 Å². The lowest BCUT2D eigenvalue weighted by molar-refractivity contribution is 0.0677. The van der Waals surface area contributed by atoms with Gasteiger partial charge in [0.05, 0.1) is 6.61 Å². The van der Waals surface area contributed by atoms with E-state index in [9.17, 15) is 0 Å². The molecule has 2 heterocycles. The van der Waals surface area contributed by atoms with E-state index in [-0.39, 0.29) is 0 Å². The van der Waals surface area contributed by atoms with Gasteiger partial charge in [-0.2, -0.15) is 0 Å². The van der Waals surface area contributed by atoms with Gasteiger partial charge >= 0.3 is 0 Å². The molecule has 3 fully saturated rings. The molecule has 3 rings (SSSR count). The molecule has 0 amide bonds. The molecule has 0 aromatic rings. The summed E-state index contributed by atoms with van der Waals surface area (Å²) in [5, 5.41) is 0. The van der Waals surface area contributed by atoms with Gasteiger partial charge in [0.15, 0.2) is 0 Å². The maximum Gasteiger partial charge on any atom is 0.0589 e. The standard InChI is InChI=1S/C19H36N2O/c1-22-15-14-21-12-5-9-19(17-21)10-13-20(16-19)11-4-8-18-6-2-3-7-18/h18H,2-17H2,1H3/t19-/m1/s1. The van der Waals surface area contributed by atoms with Crippen LogP contribution < -0.4 is 0 Å². The maximum atomic E-state index is 5.27. The average Bonchev–Trinajstić information content (AvgIpc) is 3.16. The van der Waals surface area contributed by atoms with Gasteiger partial charge in [0.1, 0.15) is 0 Å². The smallest absolute Gasteiger partial charge is 0.0589 e. The number of rotatable bonds is 7. The van der Waals surface area contributed by atoms with Crippen molar-refractivity contribution in [3.8, 4) is 0 Å². The second-order valence-electron chi connectivity index (χ2n) is 8.19. The van der Waals surface area contributed by atoms with E-state index >= 15 is 0 Å². The number of hydrogen-bond donors (Lipinski definition) is 0. The summed E-state index contributed by atoms with van der Waals surface area (Å²) in [5.74, 6) is 1.07. The van der Waals surface area contributed by atoms with Crippen LogP contribution in [0.3, 0.4) is 0 Å². The van der Waals surface area contributed by atoms with Crippen molar-refractivity contribution < 1.29 is 4.74 Å². The molecule has 0 aromatic heterocycles.